The summed E-state index contributed by atoms with van der Waals surface area (Å²) in [7, 11) is 0. The summed E-state index contributed by atoms with van der Waals surface area (Å²) in [6.45, 7) is 17.0. The van der Waals surface area contributed by atoms with Crippen LogP contribution in [-0.4, -0.2) is 47.0 Å². The van der Waals surface area contributed by atoms with Gasteiger partial charge in [0.05, 0.1) is 0 Å². The second kappa shape index (κ2) is 17.0. The number of hydrogen-bond acceptors (Lipinski definition) is 9. The van der Waals surface area contributed by atoms with E-state index in [4.69, 9.17) is 18.9 Å². The number of nitrogens with one attached hydrogen (secondary N) is 1. The van der Waals surface area contributed by atoms with Crippen molar-refractivity contribution in [1.82, 2.24) is 5.32 Å². The number of benzene rings is 1. The highest BCUT2D eigenvalue weighted by atomic mass is 16.7. The van der Waals surface area contributed by atoms with Gasteiger partial charge in [-0.1, -0.05) is 54.5 Å². The summed E-state index contributed by atoms with van der Waals surface area (Å²) in [5.74, 6) is -1.82. The molecule has 0 aliphatic heterocycles. The number of carbonyl (C=O) groups excluding carboxylic acids is 3. The van der Waals surface area contributed by atoms with Gasteiger partial charge in [0.2, 0.25) is 0 Å². The molecule has 0 radical (unpaired) electrons. The molecule has 0 aliphatic rings. The Balaban J connectivity index is 3.43. The van der Waals surface area contributed by atoms with Crippen molar-refractivity contribution in [2.24, 2.45) is 17.8 Å². The summed E-state index contributed by atoms with van der Waals surface area (Å²) in [5, 5.41) is 13.2. The van der Waals surface area contributed by atoms with Crippen LogP contribution in [-0.2, 0) is 30.3 Å². The van der Waals surface area contributed by atoms with Crippen molar-refractivity contribution >= 4 is 24.1 Å². The fourth-order valence-electron chi connectivity index (χ4n) is 3.53. The molecule has 232 valence electrons. The van der Waals surface area contributed by atoms with Crippen molar-refractivity contribution in [2.75, 3.05) is 0 Å². The predicted molar refractivity (Wildman–Crippen MR) is 155 cm³/mol. The van der Waals surface area contributed by atoms with Crippen LogP contribution >= 0.6 is 0 Å². The van der Waals surface area contributed by atoms with Crippen LogP contribution in [0.4, 0.5) is 4.79 Å². The Hall–Kier alpha value is -3.14. The van der Waals surface area contributed by atoms with E-state index < -0.39 is 35.9 Å². The average Bonchev–Trinajstić information content (AvgIpc) is 2.87. The third-order valence-corrected chi connectivity index (χ3v) is 6.68. The smallest absolute Gasteiger partial charge is 0.477 e. The molecule has 2 unspecified atom stereocenters. The molecule has 3 atom stereocenters. The SMILES string of the molecule is CCC(C)N[C@@](Cc1ccc(OC(=O)CCC(C)C)c(OC(=O)CCC(C)C)c1)(OC(=O)OC(C)C(C)C)C(=O)O. The van der Waals surface area contributed by atoms with Crippen molar-refractivity contribution in [2.45, 2.75) is 119 Å². The highest BCUT2D eigenvalue weighted by molar-refractivity contribution is 5.81. The highest BCUT2D eigenvalue weighted by Crippen LogP contribution is 2.32. The first-order valence-corrected chi connectivity index (χ1v) is 14.5. The van der Waals surface area contributed by atoms with E-state index in [9.17, 15) is 24.3 Å². The Morgan fingerprint density at radius 3 is 1.85 bits per heavy atom. The molecule has 0 fully saturated rings. The molecule has 1 aromatic rings. The Kier molecular flexibility index (Phi) is 14.8. The van der Waals surface area contributed by atoms with E-state index in [1.165, 1.54) is 18.2 Å². The van der Waals surface area contributed by atoms with Gasteiger partial charge in [0, 0.05) is 25.3 Å². The van der Waals surface area contributed by atoms with Gasteiger partial charge in [-0.25, -0.2) is 9.59 Å². The van der Waals surface area contributed by atoms with Gasteiger partial charge in [-0.15, -0.1) is 0 Å². The Bertz CT molecular complexity index is 1020. The number of aliphatic carboxylic acids is 1. The molecule has 1 aromatic carbocycles. The maximum Gasteiger partial charge on any atom is 0.510 e. The third kappa shape index (κ3) is 12.9. The predicted octanol–water partition coefficient (Wildman–Crippen LogP) is 6.28. The van der Waals surface area contributed by atoms with Gasteiger partial charge in [-0.05, 0) is 68.6 Å². The highest BCUT2D eigenvalue weighted by Gasteiger charge is 2.45. The van der Waals surface area contributed by atoms with Crippen LogP contribution < -0.4 is 14.8 Å². The van der Waals surface area contributed by atoms with E-state index in [1.807, 2.05) is 48.5 Å². The summed E-state index contributed by atoms with van der Waals surface area (Å²) in [6.07, 6.45) is 0.181. The number of rotatable bonds is 17. The van der Waals surface area contributed by atoms with Crippen molar-refractivity contribution < 1.29 is 43.2 Å². The standard InChI is InChI=1S/C31H49NO9/c1-10-22(8)32-31(29(35)36,41-30(37)38-23(9)21(6)7)18-24-13-14-25(39-27(33)15-11-19(2)3)26(17-24)40-28(34)16-12-20(4)5/h13-14,17,19-23,32H,10-12,15-16,18H2,1-9H3,(H,35,36)/t22?,23?,31-/m0/s1. The van der Waals surface area contributed by atoms with Crippen molar-refractivity contribution in [3.63, 3.8) is 0 Å². The fraction of sp³-hybridized carbons (Fsp3) is 0.677. The fourth-order valence-corrected chi connectivity index (χ4v) is 3.53. The minimum atomic E-state index is -2.18. The van der Waals surface area contributed by atoms with Crippen molar-refractivity contribution in [3.8, 4) is 11.5 Å². The van der Waals surface area contributed by atoms with E-state index in [2.05, 4.69) is 5.32 Å². The minimum Gasteiger partial charge on any atom is -0.477 e. The van der Waals surface area contributed by atoms with E-state index >= 15 is 0 Å². The van der Waals surface area contributed by atoms with Gasteiger partial charge >= 0.3 is 24.1 Å². The molecule has 2 N–H and O–H groups in total. The lowest BCUT2D eigenvalue weighted by Gasteiger charge is -2.33. The second-order valence-electron chi connectivity index (χ2n) is 11.8. The summed E-state index contributed by atoms with van der Waals surface area (Å²) < 4.78 is 21.9. The second-order valence-corrected chi connectivity index (χ2v) is 11.8. The Labute approximate surface area is 244 Å². The lowest BCUT2D eigenvalue weighted by molar-refractivity contribution is -0.168. The molecule has 1 rings (SSSR count). The quantitative estimate of drug-likeness (QED) is 0.123. The maximum atomic E-state index is 12.7. The summed E-state index contributed by atoms with van der Waals surface area (Å²) in [5.41, 5.74) is -1.82. The zero-order chi connectivity index (χ0) is 31.3. The molecule has 0 aliphatic carbocycles. The molecule has 0 aromatic heterocycles. The van der Waals surface area contributed by atoms with Gasteiger partial charge in [0.25, 0.3) is 5.72 Å². The van der Waals surface area contributed by atoms with Gasteiger partial charge in [-0.3, -0.25) is 14.9 Å². The number of carbonyl (C=O) groups is 4. The summed E-state index contributed by atoms with van der Waals surface area (Å²) in [6, 6.07) is 4.08. The largest absolute Gasteiger partial charge is 0.510 e. The maximum absolute atomic E-state index is 12.7. The van der Waals surface area contributed by atoms with Crippen molar-refractivity contribution in [1.29, 1.82) is 0 Å². The van der Waals surface area contributed by atoms with E-state index in [0.29, 0.717) is 30.7 Å². The zero-order valence-corrected chi connectivity index (χ0v) is 26.1. The topological polar surface area (TPSA) is 137 Å². The number of ether oxygens (including phenoxy) is 4. The number of carboxylic acids is 1. The van der Waals surface area contributed by atoms with Gasteiger partial charge < -0.3 is 24.1 Å². The lowest BCUT2D eigenvalue weighted by Crippen LogP contribution is -2.59. The molecule has 0 heterocycles. The average molecular weight is 580 g/mol. The van der Waals surface area contributed by atoms with Crippen LogP contribution in [0.15, 0.2) is 18.2 Å². The summed E-state index contributed by atoms with van der Waals surface area (Å²) >= 11 is 0. The third-order valence-electron chi connectivity index (χ3n) is 6.68. The van der Waals surface area contributed by atoms with Crippen LogP contribution in [0.1, 0.15) is 100.0 Å². The Morgan fingerprint density at radius 2 is 1.39 bits per heavy atom. The number of hydrogen-bond donors (Lipinski definition) is 2. The molecular formula is C31H49NO9. The molecule has 0 spiro atoms. The summed E-state index contributed by atoms with van der Waals surface area (Å²) in [4.78, 5) is 50.4. The minimum absolute atomic E-state index is 0.00645. The normalized spacial score (nSPS) is 14.3. The van der Waals surface area contributed by atoms with Gasteiger partial charge in [0.1, 0.15) is 6.10 Å². The van der Waals surface area contributed by atoms with Crippen LogP contribution in [0.25, 0.3) is 0 Å². The molecule has 10 heteroatoms. The van der Waals surface area contributed by atoms with Gasteiger partial charge in [-0.2, -0.15) is 0 Å². The molecule has 0 saturated carbocycles. The molecule has 41 heavy (non-hydrogen) atoms. The first-order chi connectivity index (χ1) is 19.1. The monoisotopic (exact) mass is 579 g/mol. The zero-order valence-electron chi connectivity index (χ0n) is 26.1. The van der Waals surface area contributed by atoms with Gasteiger partial charge in [0.15, 0.2) is 11.5 Å². The van der Waals surface area contributed by atoms with Crippen LogP contribution in [0.2, 0.25) is 0 Å². The first kappa shape index (κ1) is 35.9. The molecule has 10 nitrogen and oxygen atoms in total. The van der Waals surface area contributed by atoms with E-state index in [1.54, 1.807) is 13.8 Å². The number of esters is 2. The van der Waals surface area contributed by atoms with E-state index in [-0.39, 0.29) is 48.6 Å². The molecule has 0 amide bonds. The molecule has 0 saturated heterocycles. The van der Waals surface area contributed by atoms with E-state index in [0.717, 1.165) is 0 Å². The lowest BCUT2D eigenvalue weighted by atomic mass is 10.00. The van der Waals surface area contributed by atoms with Crippen molar-refractivity contribution in [3.05, 3.63) is 23.8 Å². The Morgan fingerprint density at radius 1 is 0.854 bits per heavy atom. The van der Waals surface area contributed by atoms with Crippen LogP contribution in [0.5, 0.6) is 11.5 Å². The molecule has 0 bridgehead atoms. The first-order valence-electron chi connectivity index (χ1n) is 14.5. The number of carboxylic acid groups (broad SMARTS) is 1. The molecular weight excluding hydrogens is 530 g/mol. The van der Waals surface area contributed by atoms with Crippen LogP contribution in [0, 0.1) is 17.8 Å². The van der Waals surface area contributed by atoms with Crippen LogP contribution in [0.3, 0.4) is 0 Å².